The Balaban J connectivity index is 0.00000225. The first-order valence-electron chi connectivity index (χ1n) is 5.04. The van der Waals surface area contributed by atoms with Crippen LogP contribution < -0.4 is 5.73 Å². The van der Waals surface area contributed by atoms with Crippen LogP contribution in [-0.4, -0.2) is 41.5 Å². The summed E-state index contributed by atoms with van der Waals surface area (Å²) in [6, 6.07) is 0. The molecule has 0 aromatic carbocycles. The van der Waals surface area contributed by atoms with Gasteiger partial charge >= 0.3 is 5.97 Å². The van der Waals surface area contributed by atoms with Crippen LogP contribution in [0.4, 0.5) is 0 Å². The van der Waals surface area contributed by atoms with Crippen molar-refractivity contribution in [3.05, 3.63) is 0 Å². The summed E-state index contributed by atoms with van der Waals surface area (Å²) in [5.41, 5.74) is 3.93. The van der Waals surface area contributed by atoms with Gasteiger partial charge in [-0.05, 0) is 20.8 Å². The summed E-state index contributed by atoms with van der Waals surface area (Å²) in [5, 5.41) is 9.64. The summed E-state index contributed by atoms with van der Waals surface area (Å²) >= 11 is 0. The third kappa shape index (κ3) is 3.59. The van der Waals surface area contributed by atoms with Crippen molar-refractivity contribution in [3.63, 3.8) is 0 Å². The van der Waals surface area contributed by atoms with Gasteiger partial charge in [-0.2, -0.15) is 0 Å². The van der Waals surface area contributed by atoms with Crippen LogP contribution in [0.25, 0.3) is 0 Å². The number of rotatable bonds is 1. The summed E-state index contributed by atoms with van der Waals surface area (Å²) in [7, 11) is 0. The first-order valence-corrected chi connectivity index (χ1v) is 5.04. The van der Waals surface area contributed by atoms with Gasteiger partial charge in [0.1, 0.15) is 17.2 Å². The van der Waals surface area contributed by atoms with Gasteiger partial charge in [0.05, 0.1) is 6.61 Å². The van der Waals surface area contributed by atoms with Crippen molar-refractivity contribution < 1.29 is 19.4 Å². The number of aliphatic hydroxyl groups is 1. The van der Waals surface area contributed by atoms with E-state index in [1.54, 1.807) is 20.8 Å². The molecule has 1 saturated heterocycles. The van der Waals surface area contributed by atoms with E-state index in [0.29, 0.717) is 6.61 Å². The Hall–Kier alpha value is -0.360. The smallest absolute Gasteiger partial charge is 0.329 e. The summed E-state index contributed by atoms with van der Waals surface area (Å²) in [6.07, 6.45) is -0.718. The zero-order valence-corrected chi connectivity index (χ0v) is 10.7. The zero-order chi connectivity index (χ0) is 11.7. The summed E-state index contributed by atoms with van der Waals surface area (Å²) in [5.74, 6) is -0.564. The van der Waals surface area contributed by atoms with Crippen LogP contribution in [0.1, 0.15) is 27.2 Å². The van der Waals surface area contributed by atoms with E-state index >= 15 is 0 Å². The molecule has 16 heavy (non-hydrogen) atoms. The van der Waals surface area contributed by atoms with Crippen LogP contribution in [0, 0.1) is 0 Å². The fourth-order valence-corrected chi connectivity index (χ4v) is 1.36. The van der Waals surface area contributed by atoms with Crippen LogP contribution in [0.5, 0.6) is 0 Å². The molecule has 1 aliphatic heterocycles. The highest BCUT2D eigenvalue weighted by Gasteiger charge is 2.46. The number of hydrogen-bond donors (Lipinski definition) is 2. The number of carbonyl (C=O) groups excluding carboxylic acids is 1. The summed E-state index contributed by atoms with van der Waals surface area (Å²) < 4.78 is 10.2. The number of aliphatic hydroxyl groups excluding tert-OH is 1. The Morgan fingerprint density at radius 2 is 2.12 bits per heavy atom. The standard InChI is InChI=1S/C10H19NO4.ClH/c1-9(2,3)15-8(13)10(11)4-5-14-6-7(10)12;/h7,12H,4-6,11H2,1-3H3;1H/t7-,10-;/m1./s1. The number of nitrogens with two attached hydrogens (primary N) is 1. The molecule has 0 saturated carbocycles. The van der Waals surface area contributed by atoms with Crippen molar-refractivity contribution in [1.82, 2.24) is 0 Å². The summed E-state index contributed by atoms with van der Waals surface area (Å²) in [6.45, 7) is 5.74. The van der Waals surface area contributed by atoms with Crippen LogP contribution in [0.2, 0.25) is 0 Å². The van der Waals surface area contributed by atoms with Gasteiger partial charge in [0.15, 0.2) is 0 Å². The predicted molar refractivity (Wildman–Crippen MR) is 61.5 cm³/mol. The monoisotopic (exact) mass is 253 g/mol. The Kier molecular flexibility index (Phi) is 5.19. The molecule has 0 bridgehead atoms. The molecule has 0 radical (unpaired) electrons. The van der Waals surface area contributed by atoms with Crippen molar-refractivity contribution in [3.8, 4) is 0 Å². The molecular weight excluding hydrogens is 234 g/mol. The minimum atomic E-state index is -1.33. The lowest BCUT2D eigenvalue weighted by Crippen LogP contribution is -2.63. The molecule has 1 fully saturated rings. The highest BCUT2D eigenvalue weighted by molar-refractivity contribution is 5.85. The van der Waals surface area contributed by atoms with Crippen molar-refractivity contribution in [2.24, 2.45) is 5.73 Å². The van der Waals surface area contributed by atoms with Gasteiger partial charge in [0.25, 0.3) is 0 Å². The molecular formula is C10H20ClNO4. The zero-order valence-electron chi connectivity index (χ0n) is 9.86. The topological polar surface area (TPSA) is 81.8 Å². The lowest BCUT2D eigenvalue weighted by Gasteiger charge is -2.37. The normalized spacial score (nSPS) is 30.4. The number of esters is 1. The molecule has 5 nitrogen and oxygen atoms in total. The number of hydrogen-bond acceptors (Lipinski definition) is 5. The fraction of sp³-hybridized carbons (Fsp3) is 0.900. The number of carbonyl (C=O) groups is 1. The first kappa shape index (κ1) is 15.6. The molecule has 0 aromatic heterocycles. The molecule has 0 amide bonds. The second-order valence-corrected chi connectivity index (χ2v) is 4.88. The van der Waals surface area contributed by atoms with E-state index in [-0.39, 0.29) is 25.4 Å². The molecule has 2 atom stereocenters. The van der Waals surface area contributed by atoms with Gasteiger partial charge in [-0.15, -0.1) is 12.4 Å². The quantitative estimate of drug-likeness (QED) is 0.654. The minimum absolute atomic E-state index is 0. The van der Waals surface area contributed by atoms with Gasteiger partial charge in [0.2, 0.25) is 0 Å². The maximum absolute atomic E-state index is 11.8. The predicted octanol–water partition coefficient (Wildman–Crippen LogP) is 0.229. The minimum Gasteiger partial charge on any atom is -0.459 e. The lowest BCUT2D eigenvalue weighted by molar-refractivity contribution is -0.173. The third-order valence-electron chi connectivity index (χ3n) is 2.31. The Labute approximate surface area is 102 Å². The largest absolute Gasteiger partial charge is 0.459 e. The van der Waals surface area contributed by atoms with E-state index in [2.05, 4.69) is 0 Å². The van der Waals surface area contributed by atoms with E-state index in [0.717, 1.165) is 0 Å². The maximum atomic E-state index is 11.8. The Bertz CT molecular complexity index is 254. The fourth-order valence-electron chi connectivity index (χ4n) is 1.36. The van der Waals surface area contributed by atoms with Gasteiger partial charge in [-0.1, -0.05) is 0 Å². The van der Waals surface area contributed by atoms with Gasteiger partial charge < -0.3 is 20.3 Å². The number of ether oxygens (including phenoxy) is 2. The molecule has 96 valence electrons. The van der Waals surface area contributed by atoms with Gasteiger partial charge in [-0.25, -0.2) is 4.79 Å². The van der Waals surface area contributed by atoms with E-state index in [1.165, 1.54) is 0 Å². The SMILES string of the molecule is CC(C)(C)OC(=O)[C@@]1(N)CCOC[C@H]1O.Cl. The molecule has 0 aliphatic carbocycles. The van der Waals surface area contributed by atoms with E-state index in [4.69, 9.17) is 15.2 Å². The van der Waals surface area contributed by atoms with Crippen LogP contribution in [0.3, 0.4) is 0 Å². The van der Waals surface area contributed by atoms with Crippen LogP contribution >= 0.6 is 12.4 Å². The van der Waals surface area contributed by atoms with E-state index in [1.807, 2.05) is 0 Å². The van der Waals surface area contributed by atoms with E-state index in [9.17, 15) is 9.90 Å². The third-order valence-corrected chi connectivity index (χ3v) is 2.31. The van der Waals surface area contributed by atoms with Gasteiger partial charge in [0, 0.05) is 13.0 Å². The maximum Gasteiger partial charge on any atom is 0.329 e. The lowest BCUT2D eigenvalue weighted by atomic mass is 9.88. The van der Waals surface area contributed by atoms with Crippen molar-refractivity contribution in [2.45, 2.75) is 44.4 Å². The number of halogens is 1. The van der Waals surface area contributed by atoms with Crippen molar-refractivity contribution >= 4 is 18.4 Å². The molecule has 0 unspecified atom stereocenters. The second-order valence-electron chi connectivity index (χ2n) is 4.88. The summed E-state index contributed by atoms with van der Waals surface area (Å²) in [4.78, 5) is 11.8. The van der Waals surface area contributed by atoms with Crippen molar-refractivity contribution in [1.29, 1.82) is 0 Å². The van der Waals surface area contributed by atoms with Crippen LogP contribution in [-0.2, 0) is 14.3 Å². The average molecular weight is 254 g/mol. The highest BCUT2D eigenvalue weighted by Crippen LogP contribution is 2.22. The molecule has 0 spiro atoms. The molecule has 1 aliphatic rings. The second kappa shape index (κ2) is 5.31. The van der Waals surface area contributed by atoms with E-state index < -0.39 is 23.2 Å². The van der Waals surface area contributed by atoms with Crippen molar-refractivity contribution in [2.75, 3.05) is 13.2 Å². The first-order chi connectivity index (χ1) is 6.76. The molecule has 1 rings (SSSR count). The average Bonchev–Trinajstić information content (AvgIpc) is 2.07. The molecule has 6 heteroatoms. The molecule has 1 heterocycles. The van der Waals surface area contributed by atoms with Crippen LogP contribution in [0.15, 0.2) is 0 Å². The van der Waals surface area contributed by atoms with Gasteiger partial charge in [-0.3, -0.25) is 0 Å². The molecule has 0 aromatic rings. The Morgan fingerprint density at radius 1 is 1.56 bits per heavy atom. The molecule has 3 N–H and O–H groups in total. The Morgan fingerprint density at radius 3 is 2.56 bits per heavy atom. The highest BCUT2D eigenvalue weighted by atomic mass is 35.5.